The van der Waals surface area contributed by atoms with Crippen molar-refractivity contribution in [2.75, 3.05) is 12.8 Å². The van der Waals surface area contributed by atoms with Crippen LogP contribution in [0.5, 0.6) is 11.6 Å². The minimum atomic E-state index is 0.360. The number of anilines is 1. The highest BCUT2D eigenvalue weighted by atomic mass is 79.9. The quantitative estimate of drug-likeness (QED) is 0.882. The summed E-state index contributed by atoms with van der Waals surface area (Å²) in [7, 11) is 1.58. The van der Waals surface area contributed by atoms with Gasteiger partial charge < -0.3 is 15.2 Å². The van der Waals surface area contributed by atoms with Crippen molar-refractivity contribution in [3.8, 4) is 11.6 Å². The number of nitrogens with two attached hydrogens (primary N) is 1. The number of aromatic nitrogens is 1. The summed E-state index contributed by atoms with van der Waals surface area (Å²) in [5.74, 6) is 1.27. The molecule has 4 nitrogen and oxygen atoms in total. The van der Waals surface area contributed by atoms with Gasteiger partial charge in [0.2, 0.25) is 5.88 Å². The zero-order valence-corrected chi connectivity index (χ0v) is 11.5. The van der Waals surface area contributed by atoms with Gasteiger partial charge in [-0.15, -0.1) is 0 Å². The van der Waals surface area contributed by atoms with Crippen LogP contribution in [0.1, 0.15) is 5.69 Å². The van der Waals surface area contributed by atoms with E-state index >= 15 is 0 Å². The Hall–Kier alpha value is -1.75. The maximum Gasteiger partial charge on any atom is 0.213 e. The number of pyridine rings is 1. The van der Waals surface area contributed by atoms with Crippen molar-refractivity contribution in [3.05, 3.63) is 46.6 Å². The number of ether oxygens (including phenoxy) is 2. The summed E-state index contributed by atoms with van der Waals surface area (Å²) in [5, 5.41) is 0. The molecule has 0 saturated heterocycles. The molecule has 2 aromatic rings. The van der Waals surface area contributed by atoms with Gasteiger partial charge in [0.1, 0.15) is 12.4 Å². The van der Waals surface area contributed by atoms with Crippen molar-refractivity contribution in [2.45, 2.75) is 6.61 Å². The third-order valence-corrected chi connectivity index (χ3v) is 3.21. The Morgan fingerprint density at radius 1 is 1.22 bits per heavy atom. The molecule has 0 amide bonds. The lowest BCUT2D eigenvalue weighted by molar-refractivity contribution is 0.296. The van der Waals surface area contributed by atoms with Gasteiger partial charge in [-0.3, -0.25) is 0 Å². The third-order valence-electron chi connectivity index (χ3n) is 2.36. The average molecular weight is 309 g/mol. The molecule has 0 radical (unpaired) electrons. The number of halogens is 1. The first-order valence-electron chi connectivity index (χ1n) is 5.37. The molecule has 1 aromatic carbocycles. The Morgan fingerprint density at radius 2 is 2.00 bits per heavy atom. The van der Waals surface area contributed by atoms with E-state index in [0.717, 1.165) is 10.2 Å². The standard InChI is InChI=1S/C13H13BrN2O2/c1-17-12-7-2-4-9(16-12)8-18-11-6-3-5-10(15)13(11)14/h2-7H,8,15H2,1H3. The second kappa shape index (κ2) is 5.73. The summed E-state index contributed by atoms with van der Waals surface area (Å²) in [5.41, 5.74) is 7.21. The molecule has 0 spiro atoms. The second-order valence-corrected chi connectivity index (χ2v) is 4.41. The van der Waals surface area contributed by atoms with Crippen molar-refractivity contribution in [1.29, 1.82) is 0 Å². The number of nitrogens with zero attached hydrogens (tertiary/aromatic N) is 1. The van der Waals surface area contributed by atoms with Crippen LogP contribution in [0.3, 0.4) is 0 Å². The van der Waals surface area contributed by atoms with Crippen LogP contribution < -0.4 is 15.2 Å². The Morgan fingerprint density at radius 3 is 2.78 bits per heavy atom. The first-order valence-corrected chi connectivity index (χ1v) is 6.16. The van der Waals surface area contributed by atoms with Crippen LogP contribution in [0.4, 0.5) is 5.69 Å². The number of hydrogen-bond acceptors (Lipinski definition) is 4. The van der Waals surface area contributed by atoms with Crippen LogP contribution in [0.2, 0.25) is 0 Å². The van der Waals surface area contributed by atoms with Gasteiger partial charge in [0.15, 0.2) is 0 Å². The second-order valence-electron chi connectivity index (χ2n) is 3.62. The molecule has 5 heteroatoms. The predicted octanol–water partition coefficient (Wildman–Crippen LogP) is 3.01. The molecule has 18 heavy (non-hydrogen) atoms. The van der Waals surface area contributed by atoms with Gasteiger partial charge in [-0.2, -0.15) is 0 Å². The largest absolute Gasteiger partial charge is 0.486 e. The number of nitrogen functional groups attached to an aromatic ring is 1. The van der Waals surface area contributed by atoms with Gasteiger partial charge in [-0.1, -0.05) is 12.1 Å². The Balaban J connectivity index is 2.09. The molecule has 0 saturated carbocycles. The molecule has 0 fully saturated rings. The summed E-state index contributed by atoms with van der Waals surface area (Å²) in [4.78, 5) is 4.26. The maximum absolute atomic E-state index is 5.77. The SMILES string of the molecule is COc1cccc(COc2cccc(N)c2Br)n1. The number of hydrogen-bond donors (Lipinski definition) is 1. The van der Waals surface area contributed by atoms with E-state index in [1.165, 1.54) is 0 Å². The van der Waals surface area contributed by atoms with E-state index in [-0.39, 0.29) is 0 Å². The zero-order valence-electron chi connectivity index (χ0n) is 9.89. The van der Waals surface area contributed by atoms with Crippen LogP contribution in [-0.4, -0.2) is 12.1 Å². The van der Waals surface area contributed by atoms with Crippen molar-refractivity contribution in [1.82, 2.24) is 4.98 Å². The zero-order chi connectivity index (χ0) is 13.0. The van der Waals surface area contributed by atoms with Crippen LogP contribution in [0.25, 0.3) is 0 Å². The Labute approximate surface area is 114 Å². The highest BCUT2D eigenvalue weighted by Crippen LogP contribution is 2.30. The van der Waals surface area contributed by atoms with Crippen molar-refractivity contribution in [2.24, 2.45) is 0 Å². The van der Waals surface area contributed by atoms with E-state index in [0.29, 0.717) is 23.9 Å². The number of rotatable bonds is 4. The summed E-state index contributed by atoms with van der Waals surface area (Å²) < 4.78 is 11.5. The summed E-state index contributed by atoms with van der Waals surface area (Å²) in [6, 6.07) is 11.0. The molecule has 0 aliphatic carbocycles. The summed E-state index contributed by atoms with van der Waals surface area (Å²) >= 11 is 3.39. The molecule has 2 N–H and O–H groups in total. The topological polar surface area (TPSA) is 57.4 Å². The Bertz CT molecular complexity index is 546. The molecule has 0 unspecified atom stereocenters. The van der Waals surface area contributed by atoms with Gasteiger partial charge in [-0.05, 0) is 34.1 Å². The Kier molecular flexibility index (Phi) is 4.04. The maximum atomic E-state index is 5.77. The van der Waals surface area contributed by atoms with Crippen molar-refractivity contribution in [3.63, 3.8) is 0 Å². The van der Waals surface area contributed by atoms with Crippen molar-refractivity contribution < 1.29 is 9.47 Å². The molecule has 1 aromatic heterocycles. The lowest BCUT2D eigenvalue weighted by atomic mass is 10.3. The minimum Gasteiger partial charge on any atom is -0.486 e. The highest BCUT2D eigenvalue weighted by Gasteiger charge is 2.05. The lowest BCUT2D eigenvalue weighted by Crippen LogP contribution is -2.00. The van der Waals surface area contributed by atoms with Crippen LogP contribution in [-0.2, 0) is 6.61 Å². The van der Waals surface area contributed by atoms with E-state index in [4.69, 9.17) is 15.2 Å². The number of methoxy groups -OCH3 is 1. The summed E-state index contributed by atoms with van der Waals surface area (Å²) in [6.07, 6.45) is 0. The van der Waals surface area contributed by atoms with E-state index < -0.39 is 0 Å². The van der Waals surface area contributed by atoms with E-state index in [9.17, 15) is 0 Å². The van der Waals surface area contributed by atoms with Gasteiger partial charge in [0.05, 0.1) is 17.3 Å². The smallest absolute Gasteiger partial charge is 0.213 e. The summed E-state index contributed by atoms with van der Waals surface area (Å²) in [6.45, 7) is 0.360. The average Bonchev–Trinajstić information content (AvgIpc) is 2.41. The molecule has 1 heterocycles. The van der Waals surface area contributed by atoms with E-state index in [1.54, 1.807) is 19.2 Å². The molecule has 0 aliphatic rings. The predicted molar refractivity (Wildman–Crippen MR) is 73.7 cm³/mol. The molecule has 0 atom stereocenters. The van der Waals surface area contributed by atoms with Crippen LogP contribution >= 0.6 is 15.9 Å². The fourth-order valence-electron chi connectivity index (χ4n) is 1.44. The van der Waals surface area contributed by atoms with Crippen molar-refractivity contribution >= 4 is 21.6 Å². The lowest BCUT2D eigenvalue weighted by Gasteiger charge is -2.09. The molecule has 0 aliphatic heterocycles. The van der Waals surface area contributed by atoms with Gasteiger partial charge in [0.25, 0.3) is 0 Å². The fourth-order valence-corrected chi connectivity index (χ4v) is 1.82. The molecule has 0 bridgehead atoms. The van der Waals surface area contributed by atoms with E-state index in [1.807, 2.05) is 24.3 Å². The van der Waals surface area contributed by atoms with Gasteiger partial charge >= 0.3 is 0 Å². The van der Waals surface area contributed by atoms with Crippen LogP contribution in [0, 0.1) is 0 Å². The molecular formula is C13H13BrN2O2. The molecule has 2 rings (SSSR count). The minimum absolute atomic E-state index is 0.360. The van der Waals surface area contributed by atoms with Gasteiger partial charge in [0, 0.05) is 11.8 Å². The first-order chi connectivity index (χ1) is 8.70. The highest BCUT2D eigenvalue weighted by molar-refractivity contribution is 9.10. The molecular weight excluding hydrogens is 296 g/mol. The first kappa shape index (κ1) is 12.7. The van der Waals surface area contributed by atoms with Crippen LogP contribution in [0.15, 0.2) is 40.9 Å². The van der Waals surface area contributed by atoms with E-state index in [2.05, 4.69) is 20.9 Å². The molecule has 94 valence electrons. The fraction of sp³-hybridized carbons (Fsp3) is 0.154. The number of benzene rings is 1. The normalized spacial score (nSPS) is 10.1. The monoisotopic (exact) mass is 308 g/mol. The van der Waals surface area contributed by atoms with Gasteiger partial charge in [-0.25, -0.2) is 4.98 Å². The third kappa shape index (κ3) is 2.92.